The number of nitrogens with zero attached hydrogens (tertiary/aromatic N) is 2. The highest BCUT2D eigenvalue weighted by molar-refractivity contribution is 6.12. The molecule has 2 amide bonds. The van der Waals surface area contributed by atoms with Gasteiger partial charge in [-0.2, -0.15) is 0 Å². The average molecular weight is 763 g/mol. The Balaban J connectivity index is 0.841. The van der Waals surface area contributed by atoms with Crippen LogP contribution in [0.3, 0.4) is 0 Å². The molecule has 0 radical (unpaired) electrons. The van der Waals surface area contributed by atoms with Crippen molar-refractivity contribution in [1.29, 1.82) is 0 Å². The number of ketones is 2. The van der Waals surface area contributed by atoms with E-state index in [1.807, 2.05) is 24.3 Å². The summed E-state index contributed by atoms with van der Waals surface area (Å²) < 4.78 is 22.3. The van der Waals surface area contributed by atoms with E-state index in [1.165, 1.54) is 9.80 Å². The molecular weight excluding hydrogens is 716 g/mol. The number of benzene rings is 3. The Morgan fingerprint density at radius 1 is 0.589 bits per heavy atom. The highest BCUT2D eigenvalue weighted by Crippen LogP contribution is 2.88. The summed E-state index contributed by atoms with van der Waals surface area (Å²) in [5.41, 5.74) is 0.797. The summed E-state index contributed by atoms with van der Waals surface area (Å²) in [6, 6.07) is 16.3. The molecule has 8 aliphatic rings. The fourth-order valence-electron chi connectivity index (χ4n) is 10.4. The second-order valence-corrected chi connectivity index (χ2v) is 18.7. The highest BCUT2D eigenvalue weighted by atomic mass is 16.6. The quantitative estimate of drug-likeness (QED) is 0.135. The van der Waals surface area contributed by atoms with Gasteiger partial charge >= 0.3 is 24.1 Å². The van der Waals surface area contributed by atoms with Crippen LogP contribution in [-0.4, -0.2) is 94.1 Å². The molecule has 0 N–H and O–H groups in total. The number of ether oxygens (including phenoxy) is 4. The lowest BCUT2D eigenvalue weighted by molar-refractivity contribution is -0.148. The van der Waals surface area contributed by atoms with Crippen LogP contribution in [-0.2, 0) is 28.5 Å². The van der Waals surface area contributed by atoms with E-state index in [2.05, 4.69) is 13.8 Å². The maximum Gasteiger partial charge on any atom is 0.411 e. The first-order valence-corrected chi connectivity index (χ1v) is 19.3. The number of rotatable bonds is 9. The standard InChI is InChI=1S/C44H46N2O10/c1-41(2,3)55-39(51)45-33(29-31-35(45)43(29,31)7)37(49)53-19-27(47)22-17-15-21(16-18-22)23-11-9-13-25-24(23)12-10-14-26(25)28(48)20-54-38(50)34-30-32-36(44(30,32)8)46(34)40(52)56-42(4,5)6/h9-18,29-36H,19-20H2,1-8H3/t29?,30?,31-,32-,33+,34+,35+,36+,43-,44-/m1/s1. The van der Waals surface area contributed by atoms with Crippen molar-refractivity contribution >= 4 is 46.5 Å². The number of esters is 2. The van der Waals surface area contributed by atoms with Crippen molar-refractivity contribution in [2.75, 3.05) is 13.2 Å². The van der Waals surface area contributed by atoms with Crippen LogP contribution in [0.1, 0.15) is 76.1 Å². The summed E-state index contributed by atoms with van der Waals surface area (Å²) in [6.45, 7) is 13.9. The second kappa shape index (κ2) is 11.6. The van der Waals surface area contributed by atoms with E-state index >= 15 is 0 Å². The first kappa shape index (κ1) is 36.4. The molecule has 4 heterocycles. The Morgan fingerprint density at radius 2 is 1.04 bits per heavy atom. The minimum atomic E-state index is -0.768. The summed E-state index contributed by atoms with van der Waals surface area (Å²) in [5, 5.41) is 1.47. The predicted molar refractivity (Wildman–Crippen MR) is 201 cm³/mol. The number of hydrogen-bond donors (Lipinski definition) is 0. The summed E-state index contributed by atoms with van der Waals surface area (Å²) in [4.78, 5) is 82.4. The van der Waals surface area contributed by atoms with Gasteiger partial charge in [-0.1, -0.05) is 74.5 Å². The van der Waals surface area contributed by atoms with Gasteiger partial charge in [0.1, 0.15) is 23.3 Å². The first-order valence-electron chi connectivity index (χ1n) is 19.3. The molecule has 11 rings (SSSR count). The molecule has 0 spiro atoms. The van der Waals surface area contributed by atoms with Crippen LogP contribution in [0.15, 0.2) is 60.7 Å². The molecule has 4 aliphatic carbocycles. The van der Waals surface area contributed by atoms with E-state index in [0.717, 1.165) is 16.5 Å². The lowest BCUT2D eigenvalue weighted by Gasteiger charge is -2.27. The molecule has 4 aliphatic heterocycles. The number of carbonyl (C=O) groups excluding carboxylic acids is 6. The van der Waals surface area contributed by atoms with E-state index in [0.29, 0.717) is 16.5 Å². The number of piperidine rings is 2. The van der Waals surface area contributed by atoms with E-state index in [-0.39, 0.29) is 58.2 Å². The van der Waals surface area contributed by atoms with Crippen molar-refractivity contribution in [3.8, 4) is 11.1 Å². The zero-order valence-electron chi connectivity index (χ0n) is 32.8. The van der Waals surface area contributed by atoms with Crippen molar-refractivity contribution in [2.24, 2.45) is 34.5 Å². The number of amides is 2. The van der Waals surface area contributed by atoms with Crippen molar-refractivity contribution in [3.05, 3.63) is 71.8 Å². The Kier molecular flexibility index (Phi) is 7.56. The lowest BCUT2D eigenvalue weighted by Crippen LogP contribution is -2.44. The first-order chi connectivity index (χ1) is 26.3. The third-order valence-electron chi connectivity index (χ3n) is 13.2. The third-order valence-corrected chi connectivity index (χ3v) is 13.2. The number of hydrogen-bond acceptors (Lipinski definition) is 10. The largest absolute Gasteiger partial charge is 0.456 e. The SMILES string of the molecule is CC(C)(C)OC(=O)N1[C@H](C(=O)OCC(=O)c2ccc(-c3cccc4c(C(=O)COC(=O)[C@@H]5C6[C@@H]7[C@H](N5C(=O)OC(C)(C)C)[C@]67C)cccc34)cc2)C2[C@@H]3[C@H]1[C@]23C. The van der Waals surface area contributed by atoms with Crippen molar-refractivity contribution in [3.63, 3.8) is 0 Å². The van der Waals surface area contributed by atoms with Gasteiger partial charge in [0.05, 0.1) is 0 Å². The van der Waals surface area contributed by atoms with Gasteiger partial charge in [-0.15, -0.1) is 0 Å². The van der Waals surface area contributed by atoms with Crippen LogP contribution >= 0.6 is 0 Å². The minimum Gasteiger partial charge on any atom is -0.456 e. The van der Waals surface area contributed by atoms with Crippen LogP contribution in [0.4, 0.5) is 9.59 Å². The maximum atomic E-state index is 13.6. The number of carbonyl (C=O) groups is 6. The van der Waals surface area contributed by atoms with Crippen LogP contribution in [0.25, 0.3) is 21.9 Å². The van der Waals surface area contributed by atoms with E-state index in [1.54, 1.807) is 77.9 Å². The molecule has 56 heavy (non-hydrogen) atoms. The molecule has 0 aromatic heterocycles. The molecule has 4 saturated carbocycles. The zero-order chi connectivity index (χ0) is 40.0. The lowest BCUT2D eigenvalue weighted by atomic mass is 9.94. The molecule has 4 saturated heterocycles. The fraction of sp³-hybridized carbons (Fsp3) is 0.500. The van der Waals surface area contributed by atoms with Gasteiger partial charge in [-0.3, -0.25) is 19.4 Å². The van der Waals surface area contributed by atoms with Gasteiger partial charge in [0.25, 0.3) is 0 Å². The fourth-order valence-corrected chi connectivity index (χ4v) is 10.4. The summed E-state index contributed by atoms with van der Waals surface area (Å²) >= 11 is 0. The van der Waals surface area contributed by atoms with Gasteiger partial charge in [-0.05, 0) is 86.1 Å². The Morgan fingerprint density at radius 3 is 1.52 bits per heavy atom. The van der Waals surface area contributed by atoms with Crippen LogP contribution in [0.2, 0.25) is 0 Å². The van der Waals surface area contributed by atoms with Gasteiger partial charge < -0.3 is 18.9 Å². The molecule has 2 unspecified atom stereocenters. The molecule has 4 bridgehead atoms. The molecule has 12 nitrogen and oxygen atoms in total. The zero-order valence-corrected chi connectivity index (χ0v) is 32.8. The molecule has 12 heteroatoms. The van der Waals surface area contributed by atoms with Gasteiger partial charge in [0.2, 0.25) is 5.78 Å². The molecular formula is C44H46N2O10. The van der Waals surface area contributed by atoms with Gasteiger partial charge in [0, 0.05) is 35.0 Å². The van der Waals surface area contributed by atoms with Gasteiger partial charge in [-0.25, -0.2) is 19.2 Å². The van der Waals surface area contributed by atoms with Crippen molar-refractivity contribution < 1.29 is 47.7 Å². The number of fused-ring (bicyclic) bond motifs is 3. The monoisotopic (exact) mass is 762 g/mol. The van der Waals surface area contributed by atoms with E-state index in [9.17, 15) is 28.8 Å². The summed E-state index contributed by atoms with van der Waals surface area (Å²) in [5.74, 6) is -1.36. The third kappa shape index (κ3) is 5.30. The van der Waals surface area contributed by atoms with Gasteiger partial charge in [0.15, 0.2) is 19.0 Å². The minimum absolute atomic E-state index is 0.0168. The van der Waals surface area contributed by atoms with Crippen LogP contribution in [0, 0.1) is 34.5 Å². The number of Topliss-reactive ketones (excluding diaryl/α,β-unsaturated/α-hetero) is 2. The smallest absolute Gasteiger partial charge is 0.411 e. The van der Waals surface area contributed by atoms with Crippen molar-refractivity contribution in [2.45, 2.75) is 90.8 Å². The molecule has 3 aromatic rings. The maximum absolute atomic E-state index is 13.6. The molecule has 292 valence electrons. The normalized spacial score (nSPS) is 32.2. The predicted octanol–water partition coefficient (Wildman–Crippen LogP) is 6.47. The van der Waals surface area contributed by atoms with E-state index in [4.69, 9.17) is 18.9 Å². The van der Waals surface area contributed by atoms with Crippen LogP contribution < -0.4 is 0 Å². The Bertz CT molecular complexity index is 2270. The van der Waals surface area contributed by atoms with E-state index < -0.39 is 60.6 Å². The summed E-state index contributed by atoms with van der Waals surface area (Å²) in [7, 11) is 0. The highest BCUT2D eigenvalue weighted by Gasteiger charge is 2.96. The molecule has 10 atom stereocenters. The molecule has 8 fully saturated rings. The Labute approximate surface area is 324 Å². The van der Waals surface area contributed by atoms with Crippen molar-refractivity contribution in [1.82, 2.24) is 9.80 Å². The average Bonchev–Trinajstić information content (AvgIpc) is 4.00. The molecule has 3 aromatic carbocycles. The Hall–Kier alpha value is -5.26. The summed E-state index contributed by atoms with van der Waals surface area (Å²) in [6.07, 6.45) is -1.07. The topological polar surface area (TPSA) is 146 Å². The second-order valence-electron chi connectivity index (χ2n) is 18.7. The van der Waals surface area contributed by atoms with Crippen LogP contribution in [0.5, 0.6) is 0 Å².